The van der Waals surface area contributed by atoms with Crippen LogP contribution in [0.1, 0.15) is 70.6 Å². The second-order valence-corrected chi connectivity index (χ2v) is 31.0. The van der Waals surface area contributed by atoms with Gasteiger partial charge in [0.2, 0.25) is 0 Å². The Morgan fingerprint density at radius 3 is 1.45 bits per heavy atom. The molecule has 6 heteroatoms. The summed E-state index contributed by atoms with van der Waals surface area (Å²) in [5.74, 6) is 1.80. The van der Waals surface area contributed by atoms with E-state index in [2.05, 4.69) is 57.5 Å². The Balaban J connectivity index is 1.18. The van der Waals surface area contributed by atoms with Gasteiger partial charge in [0.05, 0.1) is 61.3 Å². The Labute approximate surface area is 248 Å². The molecule has 6 rings (SSSR count). The normalized spacial score (nSPS) is 33.3. The molecule has 7 unspecified atom stereocenters. The van der Waals surface area contributed by atoms with Crippen molar-refractivity contribution in [1.29, 1.82) is 0 Å². The van der Waals surface area contributed by atoms with E-state index >= 15 is 0 Å². The summed E-state index contributed by atoms with van der Waals surface area (Å²) in [5.41, 5.74) is 0. The fraction of sp³-hybridized carbons (Fsp3) is 0.824. The largest absolute Gasteiger partial charge is 0.373 e. The Kier molecular flexibility index (Phi) is 8.71. The number of unbranched alkanes of at least 4 members (excludes halogenated alkanes) is 1. The zero-order valence-electron chi connectivity index (χ0n) is 26.6. The molecule has 0 amide bonds. The highest BCUT2D eigenvalue weighted by atomic mass is 28.3. The van der Waals surface area contributed by atoms with Gasteiger partial charge in [0.25, 0.3) is 0 Å². The van der Waals surface area contributed by atoms with Crippen LogP contribution < -0.4 is 15.6 Å². The van der Waals surface area contributed by atoms with Gasteiger partial charge in [-0.1, -0.05) is 117 Å². The van der Waals surface area contributed by atoms with Crippen LogP contribution in [-0.4, -0.2) is 61.3 Å². The van der Waals surface area contributed by atoms with E-state index in [1.54, 1.807) is 15.6 Å². The number of hydrogen-bond acceptors (Lipinski definition) is 3. The lowest BCUT2D eigenvalue weighted by Gasteiger charge is -2.33. The summed E-state index contributed by atoms with van der Waals surface area (Å²) in [4.78, 5) is 0. The Morgan fingerprint density at radius 2 is 1.02 bits per heavy atom. The van der Waals surface area contributed by atoms with Gasteiger partial charge in [-0.2, -0.15) is 0 Å². The zero-order chi connectivity index (χ0) is 28.1. The van der Waals surface area contributed by atoms with Crippen molar-refractivity contribution in [3.05, 3.63) is 18.2 Å². The third-order valence-corrected chi connectivity index (χ3v) is 22.1. The molecule has 0 spiro atoms. The monoisotopic (exact) mass is 598 g/mol. The first-order valence-electron chi connectivity index (χ1n) is 17.1. The predicted octanol–water partition coefficient (Wildman–Crippen LogP) is 6.92. The van der Waals surface area contributed by atoms with Gasteiger partial charge in [-0.3, -0.25) is 0 Å². The van der Waals surface area contributed by atoms with Crippen molar-refractivity contribution >= 4 is 39.8 Å². The zero-order valence-corrected chi connectivity index (χ0v) is 29.6. The molecule has 0 radical (unpaired) electrons. The third kappa shape index (κ3) is 7.45. The van der Waals surface area contributed by atoms with Crippen LogP contribution in [0.4, 0.5) is 0 Å². The maximum Gasteiger partial charge on any atom is 0.0844 e. The first kappa shape index (κ1) is 29.8. The van der Waals surface area contributed by atoms with Crippen LogP contribution in [0.3, 0.4) is 0 Å². The molecular weight excluding hydrogens is 541 g/mol. The van der Waals surface area contributed by atoms with Gasteiger partial charge in [0.1, 0.15) is 0 Å². The van der Waals surface area contributed by atoms with E-state index in [0.717, 1.165) is 18.4 Å². The number of epoxide rings is 3. The number of ether oxygens (including phenoxy) is 3. The van der Waals surface area contributed by atoms with Crippen molar-refractivity contribution in [3.63, 3.8) is 0 Å². The molecule has 0 aromatic heterocycles. The van der Waals surface area contributed by atoms with Crippen LogP contribution >= 0.6 is 0 Å². The number of benzene rings is 1. The van der Waals surface area contributed by atoms with Crippen LogP contribution in [0.5, 0.6) is 0 Å². The molecule has 224 valence electrons. The molecule has 1 aromatic rings. The van der Waals surface area contributed by atoms with Gasteiger partial charge in [-0.25, -0.2) is 0 Å². The van der Waals surface area contributed by atoms with Crippen LogP contribution in [0.2, 0.25) is 57.4 Å². The molecule has 5 fully saturated rings. The summed E-state index contributed by atoms with van der Waals surface area (Å²) in [7, 11) is -4.55. The van der Waals surface area contributed by atoms with Crippen LogP contribution in [0.15, 0.2) is 18.2 Å². The van der Waals surface area contributed by atoms with E-state index in [1.165, 1.54) is 88.8 Å². The van der Waals surface area contributed by atoms with Crippen LogP contribution in [0, 0.1) is 11.8 Å². The number of rotatable bonds is 14. The third-order valence-electron chi connectivity index (χ3n) is 11.8. The van der Waals surface area contributed by atoms with Gasteiger partial charge < -0.3 is 14.2 Å². The summed E-state index contributed by atoms with van der Waals surface area (Å²) in [6.07, 6.45) is 18.0. The van der Waals surface area contributed by atoms with E-state index in [0.29, 0.717) is 30.5 Å². The summed E-state index contributed by atoms with van der Waals surface area (Å²) in [5, 5.41) is 5.31. The molecule has 3 aliphatic heterocycles. The van der Waals surface area contributed by atoms with Gasteiger partial charge in [0, 0.05) is 0 Å². The molecule has 3 heterocycles. The van der Waals surface area contributed by atoms with Gasteiger partial charge in [-0.05, 0) is 56.8 Å². The van der Waals surface area contributed by atoms with Crippen molar-refractivity contribution < 1.29 is 14.2 Å². The first-order valence-corrected chi connectivity index (χ1v) is 26.7. The molecule has 5 aliphatic rings. The van der Waals surface area contributed by atoms with Crippen molar-refractivity contribution in [2.45, 2.75) is 159 Å². The fourth-order valence-electron chi connectivity index (χ4n) is 8.03. The lowest BCUT2D eigenvalue weighted by Crippen LogP contribution is -2.54. The smallest absolute Gasteiger partial charge is 0.0844 e. The van der Waals surface area contributed by atoms with Crippen LogP contribution in [0.25, 0.3) is 0 Å². The van der Waals surface area contributed by atoms with Gasteiger partial charge in [-0.15, -0.1) is 0 Å². The minimum absolute atomic E-state index is 0.585. The molecule has 3 saturated heterocycles. The second kappa shape index (κ2) is 11.7. The molecule has 0 N–H and O–H groups in total. The molecular formula is C34H58O3Si3. The Morgan fingerprint density at radius 1 is 0.575 bits per heavy atom. The summed E-state index contributed by atoms with van der Waals surface area (Å²) >= 11 is 0. The molecule has 2 saturated carbocycles. The number of hydrogen-bond donors (Lipinski definition) is 0. The molecule has 40 heavy (non-hydrogen) atoms. The van der Waals surface area contributed by atoms with E-state index in [9.17, 15) is 0 Å². The topological polar surface area (TPSA) is 37.6 Å². The SMILES string of the molecule is C[Si](C)(CCCCC1CO1)c1cc([Si](C)(C)CCC2CCC3OC3C2)cc([Si](C)(C)CCC2CCC3OC3C2)c1. The fourth-order valence-corrected chi connectivity index (χ4v) is 16.0. The van der Waals surface area contributed by atoms with E-state index in [4.69, 9.17) is 14.2 Å². The summed E-state index contributed by atoms with van der Waals surface area (Å²) in [6, 6.07) is 12.6. The maximum absolute atomic E-state index is 5.87. The molecule has 1 aromatic carbocycles. The van der Waals surface area contributed by atoms with Crippen LogP contribution in [-0.2, 0) is 14.2 Å². The Hall–Kier alpha value is -0.249. The van der Waals surface area contributed by atoms with Crippen molar-refractivity contribution in [2.24, 2.45) is 11.8 Å². The molecule has 7 atom stereocenters. The minimum Gasteiger partial charge on any atom is -0.373 e. The average molecular weight is 599 g/mol. The highest BCUT2D eigenvalue weighted by Gasteiger charge is 2.45. The summed E-state index contributed by atoms with van der Waals surface area (Å²) < 4.78 is 17.2. The number of fused-ring (bicyclic) bond motifs is 2. The van der Waals surface area contributed by atoms with E-state index < -0.39 is 24.2 Å². The maximum atomic E-state index is 5.87. The quantitative estimate of drug-likeness (QED) is 0.133. The van der Waals surface area contributed by atoms with Crippen molar-refractivity contribution in [1.82, 2.24) is 0 Å². The minimum atomic E-state index is -1.53. The van der Waals surface area contributed by atoms with Crippen molar-refractivity contribution in [3.8, 4) is 0 Å². The second-order valence-electron chi connectivity index (χ2n) is 16.5. The summed E-state index contributed by atoms with van der Waals surface area (Å²) in [6.45, 7) is 17.1. The van der Waals surface area contributed by atoms with E-state index in [-0.39, 0.29) is 0 Å². The highest BCUT2D eigenvalue weighted by Crippen LogP contribution is 2.42. The lowest BCUT2D eigenvalue weighted by molar-refractivity contribution is 0.357. The van der Waals surface area contributed by atoms with Gasteiger partial charge >= 0.3 is 0 Å². The Bertz CT molecular complexity index is 973. The molecule has 3 nitrogen and oxygen atoms in total. The lowest BCUT2D eigenvalue weighted by atomic mass is 9.87. The highest BCUT2D eigenvalue weighted by molar-refractivity contribution is 6.95. The standard InChI is InChI=1S/C34H58O3Si3/c1-38(2,16-8-7-9-27-24-35-27)28-21-29(39(3,4)17-14-25-10-12-31-33(19-25)36-31)23-30(22-28)40(5,6)18-15-26-11-13-32-34(20-26)37-32/h21-23,25-27,31-34H,7-20,24H2,1-6H3. The van der Waals surface area contributed by atoms with Crippen molar-refractivity contribution in [2.75, 3.05) is 6.61 Å². The predicted molar refractivity (Wildman–Crippen MR) is 177 cm³/mol. The van der Waals surface area contributed by atoms with E-state index in [1.807, 2.05) is 0 Å². The molecule has 2 aliphatic carbocycles. The average Bonchev–Trinajstić information content (AvgIpc) is 3.79. The first-order chi connectivity index (χ1) is 19.0. The molecule has 0 bridgehead atoms. The van der Waals surface area contributed by atoms with Gasteiger partial charge in [0.15, 0.2) is 0 Å².